The van der Waals surface area contributed by atoms with Crippen molar-refractivity contribution in [3.8, 4) is 0 Å². The molecule has 1 N–H and O–H groups in total. The molecule has 2 fully saturated rings. The van der Waals surface area contributed by atoms with E-state index in [2.05, 4.69) is 21.2 Å². The van der Waals surface area contributed by atoms with Crippen molar-refractivity contribution >= 4 is 45.8 Å². The summed E-state index contributed by atoms with van der Waals surface area (Å²) in [6.45, 7) is 3.94. The van der Waals surface area contributed by atoms with Gasteiger partial charge in [-0.05, 0) is 62.4 Å². The van der Waals surface area contributed by atoms with E-state index in [0.717, 1.165) is 43.5 Å². The first-order chi connectivity index (χ1) is 10.1. The van der Waals surface area contributed by atoms with Crippen molar-refractivity contribution in [1.29, 1.82) is 0 Å². The fraction of sp³-hybridized carbons (Fsp3) is 0.562. The van der Waals surface area contributed by atoms with E-state index >= 15 is 0 Å². The number of likely N-dealkylation sites (tertiary alicyclic amines) is 1. The van der Waals surface area contributed by atoms with Gasteiger partial charge < -0.3 is 10.2 Å². The maximum Gasteiger partial charge on any atom is 0.255 e. The molecular weight excluding hydrogens is 387 g/mol. The van der Waals surface area contributed by atoms with Crippen LogP contribution in [0.3, 0.4) is 0 Å². The molecule has 2 heterocycles. The number of amides is 1. The van der Waals surface area contributed by atoms with Crippen LogP contribution in [0.1, 0.15) is 36.0 Å². The van der Waals surface area contributed by atoms with Crippen LogP contribution < -0.4 is 5.32 Å². The number of carbonyl (C=O) groups is 1. The number of nitrogens with zero attached hydrogens (tertiary/aromatic N) is 1. The van der Waals surface area contributed by atoms with Gasteiger partial charge in [0.25, 0.3) is 5.91 Å². The summed E-state index contributed by atoms with van der Waals surface area (Å²) in [5, 5.41) is 3.95. The molecule has 0 aromatic heterocycles. The van der Waals surface area contributed by atoms with Crippen LogP contribution in [0, 0.1) is 5.41 Å². The number of nitrogens with one attached hydrogen (secondary N) is 1. The molecule has 1 aromatic rings. The van der Waals surface area contributed by atoms with Gasteiger partial charge in [0.05, 0.1) is 10.6 Å². The fourth-order valence-electron chi connectivity index (χ4n) is 3.47. The summed E-state index contributed by atoms with van der Waals surface area (Å²) in [4.78, 5) is 14.6. The standard InChI is InChI=1S/C16H20BrClN2O.ClH/c17-12-1-2-13(14(18)11-12)15(21)20-9-5-16(6-10-20)3-7-19-8-4-16;/h1-2,11,19H,3-10H2;1H. The number of carbonyl (C=O) groups excluding carboxylic acids is 1. The Bertz CT molecular complexity index is 537. The Hall–Kier alpha value is -0.290. The van der Waals surface area contributed by atoms with Crippen molar-refractivity contribution in [3.05, 3.63) is 33.3 Å². The second-order valence-corrected chi connectivity index (χ2v) is 7.49. The van der Waals surface area contributed by atoms with Gasteiger partial charge in [-0.15, -0.1) is 12.4 Å². The van der Waals surface area contributed by atoms with Gasteiger partial charge in [-0.3, -0.25) is 4.79 Å². The predicted molar refractivity (Wildman–Crippen MR) is 96.1 cm³/mol. The molecule has 1 aromatic carbocycles. The first-order valence-electron chi connectivity index (χ1n) is 7.55. The van der Waals surface area contributed by atoms with Crippen LogP contribution in [0.15, 0.2) is 22.7 Å². The molecule has 2 aliphatic heterocycles. The highest BCUT2D eigenvalue weighted by Gasteiger charge is 2.37. The molecule has 3 rings (SSSR count). The summed E-state index contributed by atoms with van der Waals surface area (Å²) >= 11 is 9.57. The fourth-order valence-corrected chi connectivity index (χ4v) is 4.23. The molecule has 2 aliphatic rings. The lowest BCUT2D eigenvalue weighted by Gasteiger charge is -2.44. The second kappa shape index (κ2) is 7.52. The van der Waals surface area contributed by atoms with Crippen molar-refractivity contribution in [3.63, 3.8) is 0 Å². The highest BCUT2D eigenvalue weighted by Crippen LogP contribution is 2.40. The van der Waals surface area contributed by atoms with Crippen molar-refractivity contribution in [1.82, 2.24) is 10.2 Å². The molecule has 0 atom stereocenters. The highest BCUT2D eigenvalue weighted by molar-refractivity contribution is 9.10. The normalized spacial score (nSPS) is 20.5. The number of hydrogen-bond acceptors (Lipinski definition) is 2. The molecule has 1 amide bonds. The van der Waals surface area contributed by atoms with Gasteiger partial charge in [-0.2, -0.15) is 0 Å². The summed E-state index contributed by atoms with van der Waals surface area (Å²) in [5.74, 6) is 0.0660. The molecule has 6 heteroatoms. The van der Waals surface area contributed by atoms with Crippen LogP contribution in [-0.4, -0.2) is 37.0 Å². The van der Waals surface area contributed by atoms with E-state index in [1.807, 2.05) is 17.0 Å². The van der Waals surface area contributed by atoms with Crippen LogP contribution in [-0.2, 0) is 0 Å². The van der Waals surface area contributed by atoms with Crippen molar-refractivity contribution < 1.29 is 4.79 Å². The van der Waals surface area contributed by atoms with E-state index in [1.54, 1.807) is 6.07 Å². The Labute approximate surface area is 151 Å². The van der Waals surface area contributed by atoms with Crippen LogP contribution in [0.5, 0.6) is 0 Å². The topological polar surface area (TPSA) is 32.3 Å². The average molecular weight is 408 g/mol. The predicted octanol–water partition coefficient (Wildman–Crippen LogP) is 4.13. The molecule has 3 nitrogen and oxygen atoms in total. The molecule has 0 radical (unpaired) electrons. The number of piperidine rings is 2. The van der Waals surface area contributed by atoms with E-state index in [-0.39, 0.29) is 18.3 Å². The van der Waals surface area contributed by atoms with Gasteiger partial charge in [0, 0.05) is 17.6 Å². The molecule has 0 bridgehead atoms. The Balaban J connectivity index is 0.00000176. The lowest BCUT2D eigenvalue weighted by molar-refractivity contribution is 0.0496. The van der Waals surface area contributed by atoms with Crippen LogP contribution >= 0.6 is 39.9 Å². The minimum atomic E-state index is 0. The first-order valence-corrected chi connectivity index (χ1v) is 8.72. The largest absolute Gasteiger partial charge is 0.339 e. The van der Waals surface area contributed by atoms with Gasteiger partial charge in [-0.25, -0.2) is 0 Å². The van der Waals surface area contributed by atoms with E-state index < -0.39 is 0 Å². The first kappa shape index (κ1) is 18.1. The quantitative estimate of drug-likeness (QED) is 0.758. The molecule has 122 valence electrons. The van der Waals surface area contributed by atoms with Gasteiger partial charge in [0.2, 0.25) is 0 Å². The van der Waals surface area contributed by atoms with E-state index in [4.69, 9.17) is 11.6 Å². The number of rotatable bonds is 1. The molecule has 22 heavy (non-hydrogen) atoms. The van der Waals surface area contributed by atoms with Gasteiger partial charge in [0.15, 0.2) is 0 Å². The average Bonchev–Trinajstić information content (AvgIpc) is 2.48. The molecule has 2 saturated heterocycles. The smallest absolute Gasteiger partial charge is 0.255 e. The van der Waals surface area contributed by atoms with Crippen molar-refractivity contribution in [2.75, 3.05) is 26.2 Å². The van der Waals surface area contributed by atoms with Crippen LogP contribution in [0.2, 0.25) is 5.02 Å². The summed E-state index contributed by atoms with van der Waals surface area (Å²) < 4.78 is 0.899. The highest BCUT2D eigenvalue weighted by atomic mass is 79.9. The van der Waals surface area contributed by atoms with E-state index in [9.17, 15) is 4.79 Å². The third-order valence-corrected chi connectivity index (χ3v) is 5.74. The summed E-state index contributed by atoms with van der Waals surface area (Å²) in [5.41, 5.74) is 1.08. The SMILES string of the molecule is Cl.O=C(c1ccc(Br)cc1Cl)N1CCC2(CCNCC2)CC1. The lowest BCUT2D eigenvalue weighted by Crippen LogP contribution is -2.47. The number of benzene rings is 1. The Kier molecular flexibility index (Phi) is 6.17. The summed E-state index contributed by atoms with van der Waals surface area (Å²) in [7, 11) is 0. The minimum absolute atomic E-state index is 0. The second-order valence-electron chi connectivity index (χ2n) is 6.17. The Morgan fingerprint density at radius 1 is 1.18 bits per heavy atom. The maximum absolute atomic E-state index is 12.6. The summed E-state index contributed by atoms with van der Waals surface area (Å²) in [6.07, 6.45) is 4.73. The maximum atomic E-state index is 12.6. The molecule has 0 aliphatic carbocycles. The van der Waals surface area contributed by atoms with Crippen molar-refractivity contribution in [2.45, 2.75) is 25.7 Å². The van der Waals surface area contributed by atoms with E-state index in [1.165, 1.54) is 12.8 Å². The van der Waals surface area contributed by atoms with Gasteiger partial charge in [0.1, 0.15) is 0 Å². The zero-order valence-electron chi connectivity index (χ0n) is 12.4. The number of halogens is 3. The lowest BCUT2D eigenvalue weighted by atomic mass is 9.71. The van der Waals surface area contributed by atoms with Crippen LogP contribution in [0.4, 0.5) is 0 Å². The molecule has 0 saturated carbocycles. The van der Waals surface area contributed by atoms with Gasteiger partial charge in [-0.1, -0.05) is 27.5 Å². The van der Waals surface area contributed by atoms with Crippen molar-refractivity contribution in [2.24, 2.45) is 5.41 Å². The van der Waals surface area contributed by atoms with Crippen LogP contribution in [0.25, 0.3) is 0 Å². The summed E-state index contributed by atoms with van der Waals surface area (Å²) in [6, 6.07) is 5.47. The Morgan fingerprint density at radius 2 is 1.82 bits per heavy atom. The number of hydrogen-bond donors (Lipinski definition) is 1. The van der Waals surface area contributed by atoms with Gasteiger partial charge >= 0.3 is 0 Å². The zero-order valence-corrected chi connectivity index (χ0v) is 15.6. The van der Waals surface area contributed by atoms with E-state index in [0.29, 0.717) is 16.0 Å². The molecule has 1 spiro atoms. The Morgan fingerprint density at radius 3 is 2.41 bits per heavy atom. The monoisotopic (exact) mass is 406 g/mol. The zero-order chi connectivity index (χ0) is 14.9. The molecular formula is C16H21BrCl2N2O. The third-order valence-electron chi connectivity index (χ3n) is 4.94. The molecule has 0 unspecified atom stereocenters. The minimum Gasteiger partial charge on any atom is -0.339 e. The third kappa shape index (κ3) is 3.78.